The van der Waals surface area contributed by atoms with Crippen molar-refractivity contribution in [3.8, 4) is 11.5 Å². The maximum Gasteiger partial charge on any atom is 0.369 e. The molecule has 10 nitrogen and oxygen atoms in total. The molecule has 0 spiro atoms. The van der Waals surface area contributed by atoms with Crippen molar-refractivity contribution < 1.29 is 43.3 Å². The molecule has 1 aromatic carbocycles. The highest BCUT2D eigenvalue weighted by Gasteiger charge is 2.58. The summed E-state index contributed by atoms with van der Waals surface area (Å²) < 4.78 is 32.7. The van der Waals surface area contributed by atoms with Crippen LogP contribution in [-0.2, 0) is 9.13 Å². The highest BCUT2D eigenvalue weighted by atomic mass is 31.2. The molecule has 12 heteroatoms. The van der Waals surface area contributed by atoms with E-state index in [-0.39, 0.29) is 19.7 Å². The number of aliphatic hydroxyl groups is 1. The summed E-state index contributed by atoms with van der Waals surface area (Å²) >= 11 is 0. The summed E-state index contributed by atoms with van der Waals surface area (Å²) in [6.07, 6.45) is -0.815. The zero-order valence-corrected chi connectivity index (χ0v) is 14.7. The second-order valence-corrected chi connectivity index (χ2v) is 8.89. The quantitative estimate of drug-likeness (QED) is 0.239. The highest BCUT2D eigenvalue weighted by Crippen LogP contribution is 2.68. The van der Waals surface area contributed by atoms with Crippen LogP contribution in [0.5, 0.6) is 11.5 Å². The van der Waals surface area contributed by atoms with E-state index in [4.69, 9.17) is 29.0 Å². The van der Waals surface area contributed by atoms with Crippen molar-refractivity contribution in [1.82, 2.24) is 5.32 Å². The fourth-order valence-electron chi connectivity index (χ4n) is 1.76. The Morgan fingerprint density at radius 1 is 1.00 bits per heavy atom. The molecule has 138 valence electrons. The van der Waals surface area contributed by atoms with Gasteiger partial charge in [0.15, 0.2) is 0 Å². The van der Waals surface area contributed by atoms with Gasteiger partial charge in [-0.1, -0.05) is 0 Å². The highest BCUT2D eigenvalue weighted by molar-refractivity contribution is 7.72. The van der Waals surface area contributed by atoms with Gasteiger partial charge in [-0.15, -0.1) is 0 Å². The third kappa shape index (κ3) is 5.54. The monoisotopic (exact) mass is 385 g/mol. The molecule has 0 aromatic heterocycles. The molecule has 0 amide bonds. The Balaban J connectivity index is 2.39. The number of hydrogen-bond acceptors (Lipinski definition) is 6. The van der Waals surface area contributed by atoms with E-state index in [2.05, 4.69) is 5.32 Å². The van der Waals surface area contributed by atoms with Gasteiger partial charge in [-0.3, -0.25) is 9.13 Å². The summed E-state index contributed by atoms with van der Waals surface area (Å²) in [6.45, 7) is 0.222. The van der Waals surface area contributed by atoms with Crippen LogP contribution in [0.1, 0.15) is 6.42 Å². The van der Waals surface area contributed by atoms with Gasteiger partial charge in [0.05, 0.1) is 7.11 Å². The van der Waals surface area contributed by atoms with Crippen LogP contribution in [0.4, 0.5) is 0 Å². The average Bonchev–Trinajstić information content (AvgIpc) is 2.48. The molecule has 0 fully saturated rings. The lowest BCUT2D eigenvalue weighted by atomic mass is 10.3. The molecule has 0 aliphatic rings. The van der Waals surface area contributed by atoms with Crippen LogP contribution >= 0.6 is 15.2 Å². The van der Waals surface area contributed by atoms with Crippen molar-refractivity contribution in [2.24, 2.45) is 0 Å². The topological polar surface area (TPSA) is 166 Å². The first-order valence-corrected chi connectivity index (χ1v) is 10.0. The van der Waals surface area contributed by atoms with Gasteiger partial charge >= 0.3 is 15.2 Å². The van der Waals surface area contributed by atoms with Crippen LogP contribution in [0.2, 0.25) is 0 Å². The van der Waals surface area contributed by atoms with Crippen molar-refractivity contribution in [2.45, 2.75) is 11.5 Å². The lowest BCUT2D eigenvalue weighted by Crippen LogP contribution is -2.34. The molecule has 1 aromatic rings. The lowest BCUT2D eigenvalue weighted by Gasteiger charge is -2.29. The summed E-state index contributed by atoms with van der Waals surface area (Å²) in [7, 11) is -9.28. The van der Waals surface area contributed by atoms with E-state index in [1.807, 2.05) is 0 Å². The first-order valence-electron chi connectivity index (χ1n) is 6.82. The molecule has 0 bridgehead atoms. The van der Waals surface area contributed by atoms with Crippen LogP contribution in [0.15, 0.2) is 24.3 Å². The molecule has 0 atom stereocenters. The van der Waals surface area contributed by atoms with Gasteiger partial charge < -0.3 is 39.5 Å². The number of benzene rings is 1. The van der Waals surface area contributed by atoms with E-state index in [0.717, 1.165) is 0 Å². The van der Waals surface area contributed by atoms with Gasteiger partial charge in [0.1, 0.15) is 18.1 Å². The second kappa shape index (κ2) is 8.42. The molecule has 0 saturated carbocycles. The Morgan fingerprint density at radius 3 is 1.96 bits per heavy atom. The predicted molar refractivity (Wildman–Crippen MR) is 85.0 cm³/mol. The lowest BCUT2D eigenvalue weighted by molar-refractivity contribution is 0.122. The van der Waals surface area contributed by atoms with Gasteiger partial charge in [-0.05, 0) is 30.8 Å². The normalized spacial score (nSPS) is 12.9. The fraction of sp³-hybridized carbons (Fsp3) is 0.500. The fourth-order valence-corrected chi connectivity index (χ4v) is 3.92. The average molecular weight is 385 g/mol. The smallest absolute Gasteiger partial charge is 0.369 e. The maximum atomic E-state index is 11.1. The standard InChI is InChI=1S/C12H21NO9P2/c1-21-10-2-4-11(5-3-10)22-9-8-13-7-6-12(14,23(15,16)17)24(18,19)20/h2-5,13-14H,6-9H2,1H3,(H2,15,16,17)(H2,18,19,20). The van der Waals surface area contributed by atoms with Crippen molar-refractivity contribution in [3.05, 3.63) is 24.3 Å². The van der Waals surface area contributed by atoms with Gasteiger partial charge in [0.2, 0.25) is 0 Å². The van der Waals surface area contributed by atoms with E-state index >= 15 is 0 Å². The van der Waals surface area contributed by atoms with Crippen molar-refractivity contribution in [2.75, 3.05) is 26.8 Å². The van der Waals surface area contributed by atoms with Crippen molar-refractivity contribution in [1.29, 1.82) is 0 Å². The van der Waals surface area contributed by atoms with Crippen LogP contribution in [0.25, 0.3) is 0 Å². The summed E-state index contributed by atoms with van der Waals surface area (Å²) in [5.74, 6) is 1.26. The van der Waals surface area contributed by atoms with E-state index in [9.17, 15) is 14.2 Å². The molecule has 0 saturated heterocycles. The Hall–Kier alpha value is -0.960. The van der Waals surface area contributed by atoms with Gasteiger partial charge in [-0.2, -0.15) is 0 Å². The molecule has 0 aliphatic carbocycles. The largest absolute Gasteiger partial charge is 0.497 e. The third-order valence-corrected chi connectivity index (χ3v) is 7.05. The zero-order chi connectivity index (χ0) is 18.4. The van der Waals surface area contributed by atoms with Crippen molar-refractivity contribution >= 4 is 15.2 Å². The van der Waals surface area contributed by atoms with E-state index < -0.39 is 26.7 Å². The molecular formula is C12H21NO9P2. The minimum Gasteiger partial charge on any atom is -0.497 e. The number of rotatable bonds is 10. The van der Waals surface area contributed by atoms with E-state index in [0.29, 0.717) is 11.5 Å². The Labute approximate surface area is 138 Å². The molecule has 24 heavy (non-hydrogen) atoms. The summed E-state index contributed by atoms with van der Waals surface area (Å²) in [4.78, 5) is 35.9. The molecule has 1 rings (SSSR count). The molecule has 0 unspecified atom stereocenters. The molecule has 0 heterocycles. The minimum absolute atomic E-state index is 0.205. The molecular weight excluding hydrogens is 364 g/mol. The molecule has 0 aliphatic heterocycles. The first kappa shape index (κ1) is 21.1. The van der Waals surface area contributed by atoms with Crippen LogP contribution in [0, 0.1) is 0 Å². The third-order valence-electron chi connectivity index (χ3n) is 3.18. The molecule has 0 radical (unpaired) electrons. The first-order chi connectivity index (χ1) is 11.0. The summed E-state index contributed by atoms with van der Waals surface area (Å²) in [6, 6.07) is 6.81. The Bertz CT molecular complexity index is 587. The van der Waals surface area contributed by atoms with E-state index in [1.165, 1.54) is 7.11 Å². The van der Waals surface area contributed by atoms with Crippen molar-refractivity contribution in [3.63, 3.8) is 0 Å². The molecule has 6 N–H and O–H groups in total. The summed E-state index contributed by atoms with van der Waals surface area (Å²) in [5.41, 5.74) is 0. The summed E-state index contributed by atoms with van der Waals surface area (Å²) in [5, 5.41) is 8.94. The number of ether oxygens (including phenoxy) is 2. The number of nitrogens with one attached hydrogen (secondary N) is 1. The zero-order valence-electron chi connectivity index (χ0n) is 12.9. The second-order valence-electron chi connectivity index (χ2n) is 4.89. The van der Waals surface area contributed by atoms with Gasteiger partial charge in [0, 0.05) is 13.0 Å². The maximum absolute atomic E-state index is 11.1. The van der Waals surface area contributed by atoms with Crippen LogP contribution < -0.4 is 14.8 Å². The van der Waals surface area contributed by atoms with Gasteiger partial charge in [-0.25, -0.2) is 0 Å². The Morgan fingerprint density at radius 2 is 1.50 bits per heavy atom. The van der Waals surface area contributed by atoms with Gasteiger partial charge in [0.25, 0.3) is 5.08 Å². The Kier molecular flexibility index (Phi) is 7.40. The SMILES string of the molecule is COc1ccc(OCCNCCC(O)(P(=O)(O)O)P(=O)(O)O)cc1. The van der Waals surface area contributed by atoms with E-state index in [1.54, 1.807) is 24.3 Å². The van der Waals surface area contributed by atoms with Crippen LogP contribution in [0.3, 0.4) is 0 Å². The predicted octanol–water partition coefficient (Wildman–Crippen LogP) is 0.0552. The number of hydrogen-bond donors (Lipinski definition) is 6. The van der Waals surface area contributed by atoms with Crippen LogP contribution in [-0.4, -0.2) is 56.6 Å². The number of methoxy groups -OCH3 is 1. The minimum atomic E-state index is -5.41.